The summed E-state index contributed by atoms with van der Waals surface area (Å²) in [5, 5.41) is 0. The highest BCUT2D eigenvalue weighted by atomic mass is 16.6. The lowest BCUT2D eigenvalue weighted by Gasteiger charge is -2.37. The zero-order valence-corrected chi connectivity index (χ0v) is 16.6. The zero-order valence-electron chi connectivity index (χ0n) is 16.6. The van der Waals surface area contributed by atoms with E-state index in [9.17, 15) is 4.79 Å². The van der Waals surface area contributed by atoms with E-state index in [-0.39, 0.29) is 6.09 Å². The molecule has 0 aliphatic carbocycles. The van der Waals surface area contributed by atoms with E-state index >= 15 is 0 Å². The number of hydrogen-bond acceptors (Lipinski definition) is 5. The van der Waals surface area contributed by atoms with Gasteiger partial charge in [0.1, 0.15) is 5.60 Å². The third-order valence-electron chi connectivity index (χ3n) is 5.01. The van der Waals surface area contributed by atoms with E-state index in [1.807, 2.05) is 20.8 Å². The Balaban J connectivity index is 1.52. The van der Waals surface area contributed by atoms with E-state index in [0.717, 1.165) is 39.3 Å². The molecule has 6 heteroatoms. The molecule has 0 saturated carbocycles. The van der Waals surface area contributed by atoms with Crippen molar-refractivity contribution in [1.29, 1.82) is 0 Å². The van der Waals surface area contributed by atoms with Crippen LogP contribution in [0.5, 0.6) is 0 Å². The van der Waals surface area contributed by atoms with E-state index in [1.165, 1.54) is 11.4 Å². The van der Waals surface area contributed by atoms with E-state index in [1.54, 1.807) is 4.90 Å². The van der Waals surface area contributed by atoms with Gasteiger partial charge >= 0.3 is 6.09 Å². The molecule has 3 rings (SSSR count). The Morgan fingerprint density at radius 3 is 1.65 bits per heavy atom. The lowest BCUT2D eigenvalue weighted by atomic mass is 10.2. The summed E-state index contributed by atoms with van der Waals surface area (Å²) in [6, 6.07) is 8.86. The van der Waals surface area contributed by atoms with Crippen molar-refractivity contribution in [2.75, 3.05) is 69.2 Å². The van der Waals surface area contributed by atoms with Crippen molar-refractivity contribution in [2.24, 2.45) is 0 Å². The van der Waals surface area contributed by atoms with Crippen LogP contribution in [-0.2, 0) is 4.74 Å². The Hall–Kier alpha value is -1.95. The van der Waals surface area contributed by atoms with Crippen LogP contribution in [-0.4, -0.2) is 80.9 Å². The van der Waals surface area contributed by atoms with Gasteiger partial charge in [-0.3, -0.25) is 0 Å². The second-order valence-corrected chi connectivity index (χ2v) is 8.26. The predicted molar refractivity (Wildman–Crippen MR) is 106 cm³/mol. The third kappa shape index (κ3) is 4.81. The zero-order chi connectivity index (χ0) is 18.7. The molecule has 0 spiro atoms. The summed E-state index contributed by atoms with van der Waals surface area (Å²) in [5.74, 6) is 0. The van der Waals surface area contributed by atoms with Crippen LogP contribution in [0.15, 0.2) is 24.3 Å². The summed E-state index contributed by atoms with van der Waals surface area (Å²) in [4.78, 5) is 21.1. The van der Waals surface area contributed by atoms with Crippen LogP contribution in [0.3, 0.4) is 0 Å². The molecule has 6 nitrogen and oxygen atoms in total. The van der Waals surface area contributed by atoms with Gasteiger partial charge in [0.05, 0.1) is 0 Å². The Bertz CT molecular complexity index is 595. The van der Waals surface area contributed by atoms with Gasteiger partial charge in [-0.2, -0.15) is 0 Å². The predicted octanol–water partition coefficient (Wildman–Crippen LogP) is 2.50. The molecule has 2 saturated heterocycles. The summed E-state index contributed by atoms with van der Waals surface area (Å²) >= 11 is 0. The second kappa shape index (κ2) is 7.74. The van der Waals surface area contributed by atoms with Gasteiger partial charge in [-0.05, 0) is 52.1 Å². The summed E-state index contributed by atoms with van der Waals surface area (Å²) in [6.45, 7) is 13.2. The van der Waals surface area contributed by atoms with Gasteiger partial charge in [0, 0.05) is 63.7 Å². The molecule has 2 aliphatic rings. The lowest BCUT2D eigenvalue weighted by molar-refractivity contribution is 0.0240. The van der Waals surface area contributed by atoms with Gasteiger partial charge in [-0.1, -0.05) is 0 Å². The molecule has 1 aromatic carbocycles. The van der Waals surface area contributed by atoms with Gasteiger partial charge in [-0.25, -0.2) is 4.79 Å². The highest BCUT2D eigenvalue weighted by Crippen LogP contribution is 2.23. The highest BCUT2D eigenvalue weighted by molar-refractivity contribution is 5.68. The van der Waals surface area contributed by atoms with E-state index in [0.29, 0.717) is 13.1 Å². The second-order valence-electron chi connectivity index (χ2n) is 8.26. The van der Waals surface area contributed by atoms with Crippen molar-refractivity contribution in [1.82, 2.24) is 9.80 Å². The van der Waals surface area contributed by atoms with Gasteiger partial charge < -0.3 is 24.3 Å². The van der Waals surface area contributed by atoms with Crippen molar-refractivity contribution in [3.63, 3.8) is 0 Å². The molecule has 0 bridgehead atoms. The molecule has 1 amide bonds. The highest BCUT2D eigenvalue weighted by Gasteiger charge is 2.26. The Morgan fingerprint density at radius 1 is 0.808 bits per heavy atom. The van der Waals surface area contributed by atoms with Crippen LogP contribution in [0.4, 0.5) is 16.2 Å². The van der Waals surface area contributed by atoms with Crippen LogP contribution in [0.1, 0.15) is 20.8 Å². The lowest BCUT2D eigenvalue weighted by Crippen LogP contribution is -2.50. The number of rotatable bonds is 2. The molecule has 0 atom stereocenters. The smallest absolute Gasteiger partial charge is 0.410 e. The maximum Gasteiger partial charge on any atom is 0.410 e. The van der Waals surface area contributed by atoms with Crippen molar-refractivity contribution in [3.8, 4) is 0 Å². The number of anilines is 2. The molecule has 26 heavy (non-hydrogen) atoms. The Morgan fingerprint density at radius 2 is 1.23 bits per heavy atom. The Kier molecular flexibility index (Phi) is 5.61. The molecule has 2 heterocycles. The maximum atomic E-state index is 12.2. The first-order chi connectivity index (χ1) is 12.3. The van der Waals surface area contributed by atoms with Crippen molar-refractivity contribution in [2.45, 2.75) is 26.4 Å². The third-order valence-corrected chi connectivity index (χ3v) is 5.01. The molecule has 1 aromatic rings. The number of carbonyl (C=O) groups is 1. The summed E-state index contributed by atoms with van der Waals surface area (Å²) in [7, 11) is 2.18. The number of amides is 1. The number of nitrogens with zero attached hydrogens (tertiary/aromatic N) is 4. The molecular weight excluding hydrogens is 328 g/mol. The average molecular weight is 361 g/mol. The first-order valence-electron chi connectivity index (χ1n) is 9.58. The van der Waals surface area contributed by atoms with Crippen LogP contribution in [0.25, 0.3) is 0 Å². The molecule has 0 aromatic heterocycles. The minimum atomic E-state index is -0.437. The molecule has 144 valence electrons. The molecule has 0 unspecified atom stereocenters. The quantitative estimate of drug-likeness (QED) is 0.810. The molecule has 0 N–H and O–H groups in total. The number of piperazine rings is 2. The van der Waals surface area contributed by atoms with Gasteiger partial charge in [0.15, 0.2) is 0 Å². The van der Waals surface area contributed by atoms with Crippen LogP contribution in [0, 0.1) is 0 Å². The minimum Gasteiger partial charge on any atom is -0.444 e. The molecule has 2 fully saturated rings. The molecule has 0 radical (unpaired) electrons. The average Bonchev–Trinajstić information content (AvgIpc) is 2.61. The number of carbonyl (C=O) groups excluding carboxylic acids is 1. The summed E-state index contributed by atoms with van der Waals surface area (Å²) in [6.07, 6.45) is -0.206. The van der Waals surface area contributed by atoms with Crippen molar-refractivity contribution < 1.29 is 9.53 Å². The largest absolute Gasteiger partial charge is 0.444 e. The standard InChI is InChI=1S/C20H32N4O2/c1-20(2,3)26-19(25)24-15-13-23(14-16-24)18-7-5-17(6-8-18)22-11-9-21(4)10-12-22/h5-8H,9-16H2,1-4H3. The van der Waals surface area contributed by atoms with Crippen LogP contribution in [0.2, 0.25) is 0 Å². The van der Waals surface area contributed by atoms with Gasteiger partial charge in [0.25, 0.3) is 0 Å². The minimum absolute atomic E-state index is 0.206. The maximum absolute atomic E-state index is 12.2. The summed E-state index contributed by atoms with van der Waals surface area (Å²) < 4.78 is 5.47. The first-order valence-corrected chi connectivity index (χ1v) is 9.58. The fraction of sp³-hybridized carbons (Fsp3) is 0.650. The number of benzene rings is 1. The number of hydrogen-bond donors (Lipinski definition) is 0. The number of likely N-dealkylation sites (N-methyl/N-ethyl adjacent to an activating group) is 1. The van der Waals surface area contributed by atoms with Crippen LogP contribution < -0.4 is 9.80 Å². The van der Waals surface area contributed by atoms with Gasteiger partial charge in [-0.15, -0.1) is 0 Å². The van der Waals surface area contributed by atoms with E-state index in [2.05, 4.69) is 46.0 Å². The molecular formula is C20H32N4O2. The van der Waals surface area contributed by atoms with E-state index in [4.69, 9.17) is 4.74 Å². The van der Waals surface area contributed by atoms with E-state index < -0.39 is 5.60 Å². The van der Waals surface area contributed by atoms with Crippen molar-refractivity contribution in [3.05, 3.63) is 24.3 Å². The first kappa shape index (κ1) is 18.8. The fourth-order valence-electron chi connectivity index (χ4n) is 3.41. The fourth-order valence-corrected chi connectivity index (χ4v) is 3.41. The van der Waals surface area contributed by atoms with Crippen LogP contribution >= 0.6 is 0 Å². The van der Waals surface area contributed by atoms with Gasteiger partial charge in [0.2, 0.25) is 0 Å². The Labute approximate surface area is 157 Å². The summed E-state index contributed by atoms with van der Waals surface area (Å²) in [5.41, 5.74) is 2.09. The number of ether oxygens (including phenoxy) is 1. The monoisotopic (exact) mass is 360 g/mol. The topological polar surface area (TPSA) is 39.3 Å². The molecule has 2 aliphatic heterocycles. The normalized spacial score (nSPS) is 19.6. The SMILES string of the molecule is CN1CCN(c2ccc(N3CCN(C(=O)OC(C)(C)C)CC3)cc2)CC1. The van der Waals surface area contributed by atoms with Crippen molar-refractivity contribution >= 4 is 17.5 Å².